The molecule has 2 aliphatic heterocycles. The van der Waals surface area contributed by atoms with Crippen molar-refractivity contribution in [2.24, 2.45) is 17.6 Å². The number of aromatic nitrogens is 1. The van der Waals surface area contributed by atoms with E-state index in [1.165, 1.54) is 10.5 Å². The monoisotopic (exact) mass is 490 g/mol. The molecule has 0 saturated carbocycles. The lowest BCUT2D eigenvalue weighted by Crippen LogP contribution is -2.56. The van der Waals surface area contributed by atoms with Crippen LogP contribution in [0.3, 0.4) is 0 Å². The number of amidine groups is 1. The van der Waals surface area contributed by atoms with Crippen LogP contribution in [0.4, 0.5) is 10.5 Å². The Kier molecular flexibility index (Phi) is 7.19. The Morgan fingerprint density at radius 3 is 2.68 bits per heavy atom. The molecule has 1 unspecified atom stereocenters. The maximum atomic E-state index is 13.4. The summed E-state index contributed by atoms with van der Waals surface area (Å²) in [5.41, 5.74) is 6.89. The molecule has 3 heterocycles. The van der Waals surface area contributed by atoms with E-state index in [1.807, 2.05) is 11.0 Å². The summed E-state index contributed by atoms with van der Waals surface area (Å²) in [4.78, 5) is 20.7. The number of piperidine rings is 1. The van der Waals surface area contributed by atoms with Gasteiger partial charge in [-0.05, 0) is 30.9 Å². The topological polar surface area (TPSA) is 146 Å². The maximum Gasteiger partial charge on any atom is 0.324 e. The number of carbonyl (C=O) groups excluding carboxylic acids is 1. The van der Waals surface area contributed by atoms with Crippen LogP contribution in [0.1, 0.15) is 18.4 Å². The number of nitrogens with zero attached hydrogens (tertiary/aromatic N) is 4. The van der Waals surface area contributed by atoms with E-state index in [2.05, 4.69) is 4.98 Å². The van der Waals surface area contributed by atoms with Gasteiger partial charge in [-0.3, -0.25) is 10.3 Å². The Labute approximate surface area is 199 Å². The van der Waals surface area contributed by atoms with Gasteiger partial charge in [-0.15, -0.1) is 0 Å². The van der Waals surface area contributed by atoms with Crippen LogP contribution < -0.4 is 10.6 Å². The van der Waals surface area contributed by atoms with E-state index in [1.54, 1.807) is 30.2 Å². The summed E-state index contributed by atoms with van der Waals surface area (Å²) in [7, 11) is -2.04. The Hall–Kier alpha value is -2.96. The first-order valence-corrected chi connectivity index (χ1v) is 12.6. The number of methoxy groups -OCH3 is 1. The molecule has 34 heavy (non-hydrogen) atoms. The first kappa shape index (κ1) is 24.2. The van der Waals surface area contributed by atoms with Crippen molar-refractivity contribution in [1.82, 2.24) is 14.2 Å². The van der Waals surface area contributed by atoms with Gasteiger partial charge < -0.3 is 19.8 Å². The van der Waals surface area contributed by atoms with Crippen LogP contribution in [0.15, 0.2) is 46.4 Å². The highest BCUT2D eigenvalue weighted by Crippen LogP contribution is 2.28. The largest absolute Gasteiger partial charge is 0.431 e. The summed E-state index contributed by atoms with van der Waals surface area (Å²) in [6.07, 6.45) is 3.60. The lowest BCUT2D eigenvalue weighted by Gasteiger charge is -2.42. The van der Waals surface area contributed by atoms with Gasteiger partial charge >= 0.3 is 6.03 Å². The number of sulfonamides is 1. The van der Waals surface area contributed by atoms with Gasteiger partial charge in [-0.25, -0.2) is 18.2 Å². The van der Waals surface area contributed by atoms with Crippen LogP contribution in [-0.2, 0) is 14.8 Å². The van der Waals surface area contributed by atoms with Crippen LogP contribution in [0, 0.1) is 17.2 Å². The first-order chi connectivity index (χ1) is 16.3. The van der Waals surface area contributed by atoms with Crippen molar-refractivity contribution in [3.8, 4) is 0 Å². The molecule has 4 rings (SSSR count). The predicted octanol–water partition coefficient (Wildman–Crippen LogP) is 1.56. The molecule has 0 bridgehead atoms. The Morgan fingerprint density at radius 1 is 1.26 bits per heavy atom. The molecule has 1 atom stereocenters. The number of rotatable bonds is 8. The molecule has 1 aromatic heterocycles. The number of nitrogens with one attached hydrogen (secondary N) is 1. The number of hydrogen-bond acceptors (Lipinski definition) is 7. The molecule has 2 aromatic rings. The van der Waals surface area contributed by atoms with E-state index in [9.17, 15) is 13.2 Å². The predicted molar refractivity (Wildman–Crippen MR) is 125 cm³/mol. The van der Waals surface area contributed by atoms with Gasteiger partial charge in [0.05, 0.1) is 12.8 Å². The zero-order valence-electron chi connectivity index (χ0n) is 19.1. The quantitative estimate of drug-likeness (QED) is 0.422. The fourth-order valence-electron chi connectivity index (χ4n) is 4.61. The first-order valence-electron chi connectivity index (χ1n) is 11.2. The van der Waals surface area contributed by atoms with Gasteiger partial charge in [-0.1, -0.05) is 12.1 Å². The van der Waals surface area contributed by atoms with E-state index in [0.717, 1.165) is 6.39 Å². The van der Waals surface area contributed by atoms with E-state index in [4.69, 9.17) is 20.3 Å². The number of urea groups is 1. The highest BCUT2D eigenvalue weighted by atomic mass is 32.2. The molecule has 2 saturated heterocycles. The van der Waals surface area contributed by atoms with E-state index >= 15 is 0 Å². The summed E-state index contributed by atoms with van der Waals surface area (Å²) < 4.78 is 37.1. The molecule has 0 radical (unpaired) electrons. The molecule has 3 N–H and O–H groups in total. The van der Waals surface area contributed by atoms with Crippen molar-refractivity contribution in [3.63, 3.8) is 0 Å². The number of hydrogen-bond donors (Lipinski definition) is 2. The normalized spacial score (nSPS) is 20.6. The molecule has 2 amide bonds. The minimum absolute atomic E-state index is 0.0522. The summed E-state index contributed by atoms with van der Waals surface area (Å²) in [5, 5.41) is 7.56. The van der Waals surface area contributed by atoms with Crippen molar-refractivity contribution in [1.29, 1.82) is 5.41 Å². The molecule has 0 spiro atoms. The number of nitrogen functional groups attached to an aromatic ring is 1. The fourth-order valence-corrected chi connectivity index (χ4v) is 5.91. The highest BCUT2D eigenvalue weighted by Gasteiger charge is 2.36. The molecular weight excluding hydrogens is 460 g/mol. The molecule has 11 nitrogen and oxygen atoms in total. The van der Waals surface area contributed by atoms with Crippen LogP contribution >= 0.6 is 0 Å². The minimum atomic E-state index is -3.69. The van der Waals surface area contributed by atoms with E-state index in [-0.39, 0.29) is 28.8 Å². The van der Waals surface area contributed by atoms with Crippen LogP contribution in [0.25, 0.3) is 0 Å². The Balaban J connectivity index is 1.44. The number of oxazole rings is 1. The zero-order valence-corrected chi connectivity index (χ0v) is 19.9. The number of amides is 2. The summed E-state index contributed by atoms with van der Waals surface area (Å²) in [6, 6.07) is 7.01. The van der Waals surface area contributed by atoms with Gasteiger partial charge in [0.25, 0.3) is 15.1 Å². The smallest absolute Gasteiger partial charge is 0.324 e. The van der Waals surface area contributed by atoms with E-state index in [0.29, 0.717) is 63.4 Å². The number of carbonyl (C=O) groups is 1. The average Bonchev–Trinajstić information content (AvgIpc) is 3.38. The van der Waals surface area contributed by atoms with E-state index < -0.39 is 10.0 Å². The third-order valence-corrected chi connectivity index (χ3v) is 8.10. The Morgan fingerprint density at radius 2 is 2.03 bits per heavy atom. The van der Waals surface area contributed by atoms with Crippen molar-refractivity contribution < 1.29 is 22.4 Å². The fraction of sp³-hybridized carbons (Fsp3) is 0.500. The van der Waals surface area contributed by atoms with Gasteiger partial charge in [0.1, 0.15) is 5.84 Å². The third kappa shape index (κ3) is 5.08. The molecule has 184 valence electrons. The summed E-state index contributed by atoms with van der Waals surface area (Å²) in [6.45, 7) is 2.87. The average molecular weight is 491 g/mol. The number of anilines is 1. The standard InChI is InChI=1S/C22H30N6O5S/c1-32-14-17-12-26(22(29)28(13-17)19-4-2-3-18(9-19)21(23)24)11-16-5-7-27(8-6-16)34(30,31)20-10-25-15-33-20/h2-4,9-10,15-17H,5-8,11-14H2,1H3,(H3,23,24). The van der Waals surface area contributed by atoms with Crippen molar-refractivity contribution in [2.45, 2.75) is 17.9 Å². The van der Waals surface area contributed by atoms with Crippen molar-refractivity contribution in [2.75, 3.05) is 51.3 Å². The third-order valence-electron chi connectivity index (χ3n) is 6.35. The lowest BCUT2D eigenvalue weighted by molar-refractivity contribution is 0.105. The van der Waals surface area contributed by atoms with Crippen LogP contribution in [-0.4, -0.2) is 80.9 Å². The summed E-state index contributed by atoms with van der Waals surface area (Å²) in [5.74, 6) is 0.246. The number of ether oxygens (including phenoxy) is 1. The van der Waals surface area contributed by atoms with Gasteiger partial charge in [0.15, 0.2) is 6.39 Å². The Bertz CT molecular complexity index is 1110. The highest BCUT2D eigenvalue weighted by molar-refractivity contribution is 7.89. The second-order valence-corrected chi connectivity index (χ2v) is 10.6. The molecule has 2 fully saturated rings. The zero-order chi connectivity index (χ0) is 24.3. The summed E-state index contributed by atoms with van der Waals surface area (Å²) >= 11 is 0. The second kappa shape index (κ2) is 10.1. The molecule has 12 heteroatoms. The maximum absolute atomic E-state index is 13.4. The minimum Gasteiger partial charge on any atom is -0.431 e. The molecular formula is C22H30N6O5S. The van der Waals surface area contributed by atoms with Crippen LogP contribution in [0.2, 0.25) is 0 Å². The number of nitrogens with two attached hydrogens (primary N) is 1. The van der Waals surface area contributed by atoms with Gasteiger partial charge in [0, 0.05) is 57.0 Å². The van der Waals surface area contributed by atoms with Crippen LogP contribution in [0.5, 0.6) is 0 Å². The van der Waals surface area contributed by atoms with Crippen molar-refractivity contribution in [3.05, 3.63) is 42.4 Å². The van der Waals surface area contributed by atoms with Gasteiger partial charge in [0.2, 0.25) is 0 Å². The second-order valence-electron chi connectivity index (χ2n) is 8.75. The van der Waals surface area contributed by atoms with Crippen molar-refractivity contribution >= 4 is 27.6 Å². The number of benzene rings is 1. The van der Waals surface area contributed by atoms with Gasteiger partial charge in [-0.2, -0.15) is 4.31 Å². The SMILES string of the molecule is COCC1CN(CC2CCN(S(=O)(=O)c3cnco3)CC2)C(=O)N(c2cccc(C(=N)N)c2)C1. The molecule has 0 aliphatic carbocycles. The lowest BCUT2D eigenvalue weighted by atomic mass is 9.96. The molecule has 2 aliphatic rings. The molecule has 1 aromatic carbocycles.